The third-order valence-electron chi connectivity index (χ3n) is 4.12. The molecule has 0 bridgehead atoms. The highest BCUT2D eigenvalue weighted by molar-refractivity contribution is 7.53. The van der Waals surface area contributed by atoms with Crippen LogP contribution in [0.1, 0.15) is 31.9 Å². The van der Waals surface area contributed by atoms with Gasteiger partial charge in [0, 0.05) is 6.54 Å². The van der Waals surface area contributed by atoms with Gasteiger partial charge in [0.15, 0.2) is 0 Å². The van der Waals surface area contributed by atoms with Crippen molar-refractivity contribution >= 4 is 24.5 Å². The zero-order chi connectivity index (χ0) is 19.7. The number of nitrogens with one attached hydrogen (secondary N) is 1. The maximum atomic E-state index is 12.9. The molecular weight excluding hydrogens is 365 g/mol. The fourth-order valence-electron chi connectivity index (χ4n) is 3.00. The van der Waals surface area contributed by atoms with Crippen LogP contribution >= 0.6 is 7.60 Å². The van der Waals surface area contributed by atoms with Crippen LogP contribution < -0.4 is 5.32 Å². The number of carbonyl (C=O) groups excluding carboxylic acids is 1. The Morgan fingerprint density at radius 3 is 2.37 bits per heavy atom. The number of hydrogen-bond acceptors (Lipinski definition) is 5. The maximum Gasteiger partial charge on any atom is 0.407 e. The molecule has 0 unspecified atom stereocenters. The molecule has 27 heavy (non-hydrogen) atoms. The molecule has 0 aliphatic carbocycles. The molecule has 0 heterocycles. The van der Waals surface area contributed by atoms with Crippen LogP contribution in [0.2, 0.25) is 0 Å². The molecule has 1 amide bonds. The summed E-state index contributed by atoms with van der Waals surface area (Å²) in [5.41, 5.74) is 1.99. The van der Waals surface area contributed by atoms with E-state index in [0.29, 0.717) is 32.8 Å². The lowest BCUT2D eigenvalue weighted by atomic mass is 9.97. The molecule has 6 nitrogen and oxygen atoms in total. The van der Waals surface area contributed by atoms with E-state index < -0.39 is 13.7 Å². The first-order valence-electron chi connectivity index (χ1n) is 9.31. The molecule has 0 aliphatic heterocycles. The third-order valence-corrected chi connectivity index (χ3v) is 6.20. The molecule has 148 valence electrons. The Balaban J connectivity index is 2.29. The van der Waals surface area contributed by atoms with Gasteiger partial charge < -0.3 is 19.1 Å². The zero-order valence-electron chi connectivity index (χ0n) is 16.2. The number of fused-ring (bicyclic) bond motifs is 1. The van der Waals surface area contributed by atoms with Crippen LogP contribution in [0.25, 0.3) is 10.8 Å². The predicted molar refractivity (Wildman–Crippen MR) is 107 cm³/mol. The molecule has 0 radical (unpaired) electrons. The average Bonchev–Trinajstić information content (AvgIpc) is 2.65. The summed E-state index contributed by atoms with van der Waals surface area (Å²) in [5.74, 6) is 0. The second-order valence-electron chi connectivity index (χ2n) is 5.92. The van der Waals surface area contributed by atoms with Crippen molar-refractivity contribution in [2.75, 3.05) is 26.0 Å². The van der Waals surface area contributed by atoms with Crippen molar-refractivity contribution in [3.05, 3.63) is 47.5 Å². The summed E-state index contributed by atoms with van der Waals surface area (Å²) >= 11 is 0. The van der Waals surface area contributed by atoms with Crippen LogP contribution in [0.15, 0.2) is 36.4 Å². The SMILES string of the molecule is CCOC(=O)NCc1ccc2ccccc2c1CCP(=O)(OCC)OCC. The number of rotatable bonds is 10. The quantitative estimate of drug-likeness (QED) is 0.582. The lowest BCUT2D eigenvalue weighted by Crippen LogP contribution is -2.24. The summed E-state index contributed by atoms with van der Waals surface area (Å²) in [6.45, 7) is 6.71. The van der Waals surface area contributed by atoms with Crippen molar-refractivity contribution in [3.63, 3.8) is 0 Å². The Bertz CT molecular complexity index is 798. The van der Waals surface area contributed by atoms with E-state index in [2.05, 4.69) is 5.32 Å². The van der Waals surface area contributed by atoms with E-state index in [1.807, 2.05) is 36.4 Å². The van der Waals surface area contributed by atoms with Gasteiger partial charge in [-0.25, -0.2) is 4.79 Å². The van der Waals surface area contributed by atoms with Gasteiger partial charge in [0.25, 0.3) is 0 Å². The van der Waals surface area contributed by atoms with Crippen molar-refractivity contribution in [1.29, 1.82) is 0 Å². The summed E-state index contributed by atoms with van der Waals surface area (Å²) in [6.07, 6.45) is 0.360. The van der Waals surface area contributed by atoms with Gasteiger partial charge in [-0.05, 0) is 49.1 Å². The molecule has 0 atom stereocenters. The number of amides is 1. The molecule has 7 heteroatoms. The molecule has 0 saturated heterocycles. The van der Waals surface area contributed by atoms with E-state index >= 15 is 0 Å². The second-order valence-corrected chi connectivity index (χ2v) is 8.10. The Morgan fingerprint density at radius 2 is 1.70 bits per heavy atom. The molecule has 2 rings (SSSR count). The van der Waals surface area contributed by atoms with Crippen molar-refractivity contribution in [2.45, 2.75) is 33.7 Å². The Kier molecular flexibility index (Phi) is 8.29. The molecular formula is C20H28NO5P. The van der Waals surface area contributed by atoms with Gasteiger partial charge in [-0.2, -0.15) is 0 Å². The van der Waals surface area contributed by atoms with Crippen LogP contribution in [0.4, 0.5) is 4.79 Å². The number of aryl methyl sites for hydroxylation is 1. The standard InChI is InChI=1S/C20H28NO5P/c1-4-24-20(22)21-15-17-12-11-16-9-7-8-10-18(16)19(17)13-14-27(23,25-5-2)26-6-3/h7-12H,4-6,13-15H2,1-3H3,(H,21,22). The van der Waals surface area contributed by atoms with Crippen molar-refractivity contribution < 1.29 is 23.1 Å². The third kappa shape index (κ3) is 6.06. The van der Waals surface area contributed by atoms with E-state index in [1.54, 1.807) is 20.8 Å². The summed E-state index contributed by atoms with van der Waals surface area (Å²) in [7, 11) is -3.14. The van der Waals surface area contributed by atoms with Gasteiger partial charge in [-0.15, -0.1) is 0 Å². The Morgan fingerprint density at radius 1 is 1.00 bits per heavy atom. The van der Waals surface area contributed by atoms with Crippen LogP contribution in [0.3, 0.4) is 0 Å². The van der Waals surface area contributed by atoms with Gasteiger partial charge in [0.05, 0.1) is 26.0 Å². The first-order chi connectivity index (χ1) is 13.0. The second kappa shape index (κ2) is 10.5. The number of benzene rings is 2. The minimum atomic E-state index is -3.14. The van der Waals surface area contributed by atoms with Crippen molar-refractivity contribution in [3.8, 4) is 0 Å². The summed E-state index contributed by atoms with van der Waals surface area (Å²) in [4.78, 5) is 11.7. The summed E-state index contributed by atoms with van der Waals surface area (Å²) < 4.78 is 28.6. The fraction of sp³-hybridized carbons (Fsp3) is 0.450. The molecule has 0 fully saturated rings. The minimum absolute atomic E-state index is 0.287. The van der Waals surface area contributed by atoms with Gasteiger partial charge in [0.2, 0.25) is 0 Å². The van der Waals surface area contributed by atoms with Crippen LogP contribution in [-0.2, 0) is 31.3 Å². The highest BCUT2D eigenvalue weighted by Crippen LogP contribution is 2.48. The first kappa shape index (κ1) is 21.4. The molecule has 0 spiro atoms. The number of alkyl carbamates (subject to hydrolysis) is 1. The normalized spacial score (nSPS) is 11.5. The zero-order valence-corrected chi connectivity index (χ0v) is 17.1. The van der Waals surface area contributed by atoms with Crippen LogP contribution in [0, 0.1) is 0 Å². The molecule has 0 aliphatic rings. The van der Waals surface area contributed by atoms with Gasteiger partial charge >= 0.3 is 13.7 Å². The number of ether oxygens (including phenoxy) is 1. The lowest BCUT2D eigenvalue weighted by Gasteiger charge is -2.19. The number of hydrogen-bond donors (Lipinski definition) is 1. The monoisotopic (exact) mass is 393 g/mol. The number of carbonyl (C=O) groups is 1. The van der Waals surface area contributed by atoms with Gasteiger partial charge in [0.1, 0.15) is 0 Å². The van der Waals surface area contributed by atoms with E-state index in [-0.39, 0.29) is 6.16 Å². The Hall–Kier alpha value is -1.88. The highest BCUT2D eigenvalue weighted by atomic mass is 31.2. The topological polar surface area (TPSA) is 73.9 Å². The van der Waals surface area contributed by atoms with E-state index in [9.17, 15) is 9.36 Å². The maximum absolute atomic E-state index is 12.9. The van der Waals surface area contributed by atoms with Crippen LogP contribution in [0.5, 0.6) is 0 Å². The van der Waals surface area contributed by atoms with Crippen LogP contribution in [-0.4, -0.2) is 32.1 Å². The molecule has 0 saturated carbocycles. The lowest BCUT2D eigenvalue weighted by molar-refractivity contribution is 0.151. The first-order valence-corrected chi connectivity index (χ1v) is 11.0. The molecule has 2 aromatic carbocycles. The molecule has 0 aromatic heterocycles. The minimum Gasteiger partial charge on any atom is -0.450 e. The Labute approximate surface area is 160 Å². The van der Waals surface area contributed by atoms with Crippen molar-refractivity contribution in [2.24, 2.45) is 0 Å². The fourth-order valence-corrected chi connectivity index (χ4v) is 4.62. The van der Waals surface area contributed by atoms with E-state index in [0.717, 1.165) is 21.9 Å². The molecule has 2 aromatic rings. The summed E-state index contributed by atoms with van der Waals surface area (Å²) in [6, 6.07) is 12.0. The van der Waals surface area contributed by atoms with Gasteiger partial charge in [-0.1, -0.05) is 36.4 Å². The van der Waals surface area contributed by atoms with E-state index in [1.165, 1.54) is 0 Å². The van der Waals surface area contributed by atoms with E-state index in [4.69, 9.17) is 13.8 Å². The van der Waals surface area contributed by atoms with Gasteiger partial charge in [-0.3, -0.25) is 4.57 Å². The average molecular weight is 393 g/mol. The summed E-state index contributed by atoms with van der Waals surface area (Å²) in [5, 5.41) is 4.92. The smallest absolute Gasteiger partial charge is 0.407 e. The molecule has 1 N–H and O–H groups in total. The highest BCUT2D eigenvalue weighted by Gasteiger charge is 2.24. The largest absolute Gasteiger partial charge is 0.450 e. The van der Waals surface area contributed by atoms with Crippen molar-refractivity contribution in [1.82, 2.24) is 5.32 Å². The predicted octanol–water partition coefficient (Wildman–Crippen LogP) is 4.89.